The van der Waals surface area contributed by atoms with Crippen LogP contribution in [0.1, 0.15) is 37.7 Å². The second kappa shape index (κ2) is 3.92. The Bertz CT molecular complexity index is 605. The maximum atomic E-state index is 12.6. The molecule has 1 aromatic heterocycles. The van der Waals surface area contributed by atoms with E-state index in [1.165, 1.54) is 10.9 Å². The average Bonchev–Trinajstić information content (AvgIpc) is 3.02. The number of rotatable bonds is 1. The lowest BCUT2D eigenvalue weighted by atomic mass is 9.84. The van der Waals surface area contributed by atoms with Crippen molar-refractivity contribution in [3.63, 3.8) is 0 Å². The molecule has 2 fully saturated rings. The largest absolute Gasteiger partial charge is 0.274 e. The fourth-order valence-corrected chi connectivity index (χ4v) is 3.17. The number of aromatic nitrogens is 2. The van der Waals surface area contributed by atoms with E-state index in [4.69, 9.17) is 5.26 Å². The van der Waals surface area contributed by atoms with Gasteiger partial charge in [-0.25, -0.2) is 4.90 Å². The molecule has 6 heteroatoms. The molecule has 1 aromatic rings. The van der Waals surface area contributed by atoms with Crippen molar-refractivity contribution in [1.82, 2.24) is 9.78 Å². The molecular formula is C13H14N4O2. The molecule has 1 saturated carbocycles. The predicted octanol–water partition coefficient (Wildman–Crippen LogP) is 1.12. The number of imide groups is 1. The van der Waals surface area contributed by atoms with E-state index in [1.54, 1.807) is 7.05 Å². The molecule has 2 amide bonds. The summed E-state index contributed by atoms with van der Waals surface area (Å²) >= 11 is 0. The first-order chi connectivity index (χ1) is 9.07. The molecule has 0 radical (unpaired) electrons. The van der Waals surface area contributed by atoms with E-state index >= 15 is 0 Å². The van der Waals surface area contributed by atoms with E-state index in [0.29, 0.717) is 0 Å². The first-order valence-electron chi connectivity index (χ1n) is 6.38. The normalized spacial score (nSPS) is 21.4. The second-order valence-electron chi connectivity index (χ2n) is 5.35. The van der Waals surface area contributed by atoms with Crippen LogP contribution in [-0.2, 0) is 16.6 Å². The van der Waals surface area contributed by atoms with Crippen molar-refractivity contribution in [1.29, 1.82) is 5.26 Å². The third kappa shape index (κ3) is 1.58. The molecule has 0 N–H and O–H groups in total. The van der Waals surface area contributed by atoms with Crippen LogP contribution in [0, 0.1) is 16.7 Å². The molecule has 98 valence electrons. The molecule has 2 aliphatic rings. The number of hydrogen-bond acceptors (Lipinski definition) is 4. The van der Waals surface area contributed by atoms with Crippen molar-refractivity contribution < 1.29 is 9.59 Å². The number of nitriles is 1. The summed E-state index contributed by atoms with van der Waals surface area (Å²) in [7, 11) is 1.67. The maximum absolute atomic E-state index is 12.6. The molecule has 1 saturated heterocycles. The number of hydrogen-bond donors (Lipinski definition) is 0. The standard InChI is InChI=1S/C13H14N4O2/c1-16-8-9(7-14)11(15-16)17-10(18)6-13(12(17)19)4-2-3-5-13/h8H,2-6H2,1H3. The highest BCUT2D eigenvalue weighted by Crippen LogP contribution is 2.48. The lowest BCUT2D eigenvalue weighted by Gasteiger charge is -2.19. The summed E-state index contributed by atoms with van der Waals surface area (Å²) in [4.78, 5) is 25.8. The number of aryl methyl sites for hydroxylation is 1. The Morgan fingerprint density at radius 3 is 2.68 bits per heavy atom. The van der Waals surface area contributed by atoms with E-state index < -0.39 is 5.41 Å². The fourth-order valence-electron chi connectivity index (χ4n) is 3.17. The van der Waals surface area contributed by atoms with E-state index in [-0.39, 0.29) is 29.6 Å². The highest BCUT2D eigenvalue weighted by Gasteiger charge is 2.54. The van der Waals surface area contributed by atoms with E-state index in [9.17, 15) is 9.59 Å². The number of carbonyl (C=O) groups is 2. The maximum Gasteiger partial charge on any atom is 0.241 e. The van der Waals surface area contributed by atoms with Crippen LogP contribution in [0.3, 0.4) is 0 Å². The summed E-state index contributed by atoms with van der Waals surface area (Å²) in [5, 5.41) is 13.2. The third-order valence-corrected chi connectivity index (χ3v) is 4.10. The van der Waals surface area contributed by atoms with Gasteiger partial charge in [0.2, 0.25) is 11.8 Å². The second-order valence-corrected chi connectivity index (χ2v) is 5.35. The first-order valence-corrected chi connectivity index (χ1v) is 6.38. The Morgan fingerprint density at radius 2 is 2.05 bits per heavy atom. The smallest absolute Gasteiger partial charge is 0.241 e. The monoisotopic (exact) mass is 258 g/mol. The average molecular weight is 258 g/mol. The van der Waals surface area contributed by atoms with Gasteiger partial charge in [-0.05, 0) is 12.8 Å². The molecule has 0 bridgehead atoms. The Hall–Kier alpha value is -2.16. The van der Waals surface area contributed by atoms with Gasteiger partial charge in [-0.3, -0.25) is 14.3 Å². The molecule has 0 unspecified atom stereocenters. The van der Waals surface area contributed by atoms with E-state index in [0.717, 1.165) is 30.6 Å². The van der Waals surface area contributed by atoms with Gasteiger partial charge in [0.15, 0.2) is 5.82 Å². The summed E-state index contributed by atoms with van der Waals surface area (Å²) in [6.07, 6.45) is 5.29. The summed E-state index contributed by atoms with van der Waals surface area (Å²) in [5.74, 6) is -0.226. The van der Waals surface area contributed by atoms with Gasteiger partial charge in [0.1, 0.15) is 11.6 Å². The van der Waals surface area contributed by atoms with E-state index in [2.05, 4.69) is 5.10 Å². The SMILES string of the molecule is Cn1cc(C#N)c(N2C(=O)CC3(CCCC3)C2=O)n1. The Morgan fingerprint density at radius 1 is 1.37 bits per heavy atom. The first kappa shape index (κ1) is 11.9. The summed E-state index contributed by atoms with van der Waals surface area (Å²) in [6, 6.07) is 1.98. The number of carbonyl (C=O) groups excluding carboxylic acids is 2. The lowest BCUT2D eigenvalue weighted by molar-refractivity contribution is -0.125. The van der Waals surface area contributed by atoms with Gasteiger partial charge in [0.05, 0.1) is 5.41 Å². The fraction of sp³-hybridized carbons (Fsp3) is 0.538. The van der Waals surface area contributed by atoms with Gasteiger partial charge < -0.3 is 0 Å². The Balaban J connectivity index is 2.04. The molecule has 19 heavy (non-hydrogen) atoms. The van der Waals surface area contributed by atoms with Gasteiger partial charge in [0.25, 0.3) is 0 Å². The molecule has 0 atom stereocenters. The minimum Gasteiger partial charge on any atom is -0.274 e. The van der Waals surface area contributed by atoms with Crippen LogP contribution in [0.5, 0.6) is 0 Å². The minimum absolute atomic E-state index is 0.176. The zero-order chi connectivity index (χ0) is 13.6. The number of anilines is 1. The van der Waals surface area contributed by atoms with Crippen LogP contribution in [0.2, 0.25) is 0 Å². The molecule has 1 spiro atoms. The zero-order valence-corrected chi connectivity index (χ0v) is 10.7. The number of amides is 2. The lowest BCUT2D eigenvalue weighted by Crippen LogP contribution is -2.35. The molecule has 0 aromatic carbocycles. The molecule has 3 rings (SSSR count). The van der Waals surface area contributed by atoms with Gasteiger partial charge in [-0.1, -0.05) is 12.8 Å². The summed E-state index contributed by atoms with van der Waals surface area (Å²) < 4.78 is 1.45. The van der Waals surface area contributed by atoms with Crippen molar-refractivity contribution in [2.45, 2.75) is 32.1 Å². The van der Waals surface area contributed by atoms with E-state index in [1.807, 2.05) is 6.07 Å². The zero-order valence-electron chi connectivity index (χ0n) is 10.7. The minimum atomic E-state index is -0.526. The number of nitrogens with zero attached hydrogens (tertiary/aromatic N) is 4. The van der Waals surface area contributed by atoms with Gasteiger partial charge >= 0.3 is 0 Å². The van der Waals surface area contributed by atoms with Crippen molar-refractivity contribution in [2.75, 3.05) is 4.90 Å². The van der Waals surface area contributed by atoms with Gasteiger partial charge in [0, 0.05) is 19.7 Å². The highest BCUT2D eigenvalue weighted by molar-refractivity contribution is 6.22. The summed E-state index contributed by atoms with van der Waals surface area (Å²) in [5.41, 5.74) is -0.263. The molecule has 1 aliphatic heterocycles. The van der Waals surface area contributed by atoms with Crippen LogP contribution >= 0.6 is 0 Å². The Kier molecular flexibility index (Phi) is 2.45. The van der Waals surface area contributed by atoms with Crippen LogP contribution in [0.25, 0.3) is 0 Å². The molecule has 6 nitrogen and oxygen atoms in total. The summed E-state index contributed by atoms with van der Waals surface area (Å²) in [6.45, 7) is 0. The molecule has 1 aliphatic carbocycles. The van der Waals surface area contributed by atoms with Gasteiger partial charge in [-0.15, -0.1) is 0 Å². The van der Waals surface area contributed by atoms with Crippen molar-refractivity contribution in [3.05, 3.63) is 11.8 Å². The van der Waals surface area contributed by atoms with Crippen molar-refractivity contribution >= 4 is 17.6 Å². The Labute approximate surface area is 110 Å². The van der Waals surface area contributed by atoms with Crippen molar-refractivity contribution in [2.24, 2.45) is 12.5 Å². The van der Waals surface area contributed by atoms with Crippen LogP contribution < -0.4 is 4.90 Å². The van der Waals surface area contributed by atoms with Gasteiger partial charge in [-0.2, -0.15) is 10.4 Å². The predicted molar refractivity (Wildman–Crippen MR) is 65.9 cm³/mol. The highest BCUT2D eigenvalue weighted by atomic mass is 16.2. The quantitative estimate of drug-likeness (QED) is 0.707. The molecule has 2 heterocycles. The molecular weight excluding hydrogens is 244 g/mol. The third-order valence-electron chi connectivity index (χ3n) is 4.10. The van der Waals surface area contributed by atoms with Crippen molar-refractivity contribution in [3.8, 4) is 6.07 Å². The van der Waals surface area contributed by atoms with Crippen LogP contribution in [0.15, 0.2) is 6.20 Å². The van der Waals surface area contributed by atoms with Crippen LogP contribution in [0.4, 0.5) is 5.82 Å². The topological polar surface area (TPSA) is 79.0 Å². The van der Waals surface area contributed by atoms with Crippen LogP contribution in [-0.4, -0.2) is 21.6 Å².